The van der Waals surface area contributed by atoms with E-state index >= 15 is 0 Å². The quantitative estimate of drug-likeness (QED) is 0.801. The summed E-state index contributed by atoms with van der Waals surface area (Å²) in [6.45, 7) is 1.60. The zero-order chi connectivity index (χ0) is 19.8. The highest BCUT2D eigenvalue weighted by Crippen LogP contribution is 2.52. The van der Waals surface area contributed by atoms with Crippen molar-refractivity contribution in [3.63, 3.8) is 0 Å². The first-order valence-corrected chi connectivity index (χ1v) is 8.65. The molecule has 2 aliphatic rings. The predicted molar refractivity (Wildman–Crippen MR) is 95.0 cm³/mol. The third-order valence-corrected chi connectivity index (χ3v) is 5.31. The van der Waals surface area contributed by atoms with E-state index in [0.717, 1.165) is 0 Å². The van der Waals surface area contributed by atoms with Crippen molar-refractivity contribution in [1.82, 2.24) is 0 Å². The summed E-state index contributed by atoms with van der Waals surface area (Å²) in [7, 11) is 1.27. The number of carbonyl (C=O) groups excluding carboxylic acids is 2. The zero-order valence-electron chi connectivity index (χ0n) is 15.1. The third kappa shape index (κ3) is 3.27. The summed E-state index contributed by atoms with van der Waals surface area (Å²) in [6.07, 6.45) is -1.66. The van der Waals surface area contributed by atoms with Crippen LogP contribution in [0.4, 0.5) is 14.5 Å². The Labute approximate surface area is 155 Å². The second kappa shape index (κ2) is 7.23. The molecule has 7 heteroatoms. The van der Waals surface area contributed by atoms with Crippen LogP contribution < -0.4 is 4.90 Å². The van der Waals surface area contributed by atoms with Crippen LogP contribution in [0.5, 0.6) is 0 Å². The van der Waals surface area contributed by atoms with E-state index in [1.807, 2.05) is 0 Å². The number of rotatable bonds is 5. The van der Waals surface area contributed by atoms with E-state index in [-0.39, 0.29) is 12.3 Å². The molecule has 144 valence electrons. The predicted octanol–water partition coefficient (Wildman–Crippen LogP) is 3.06. The fourth-order valence-electron chi connectivity index (χ4n) is 3.87. The highest BCUT2D eigenvalue weighted by Gasteiger charge is 2.55. The van der Waals surface area contributed by atoms with Crippen LogP contribution in [-0.4, -0.2) is 36.6 Å². The van der Waals surface area contributed by atoms with Crippen LogP contribution in [0.25, 0.3) is 0 Å². The molecule has 3 atom stereocenters. The van der Waals surface area contributed by atoms with Crippen LogP contribution in [-0.2, 0) is 14.3 Å². The molecule has 1 aromatic rings. The molecule has 0 aromatic heterocycles. The lowest BCUT2D eigenvalue weighted by Gasteiger charge is -2.31. The number of methoxy groups -OCH3 is 1. The molecule has 0 saturated carbocycles. The smallest absolute Gasteiger partial charge is 0.337 e. The van der Waals surface area contributed by atoms with Crippen molar-refractivity contribution in [3.05, 3.63) is 53.8 Å². The lowest BCUT2D eigenvalue weighted by molar-refractivity contribution is -0.135. The number of hydrogen-bond donors (Lipinski definition) is 1. The van der Waals surface area contributed by atoms with Gasteiger partial charge in [0.15, 0.2) is 0 Å². The highest BCUT2D eigenvalue weighted by atomic mass is 19.3. The molecule has 5 nitrogen and oxygen atoms in total. The molecule has 27 heavy (non-hydrogen) atoms. The molecule has 0 radical (unpaired) electrons. The van der Waals surface area contributed by atoms with Crippen molar-refractivity contribution < 1.29 is 28.2 Å². The summed E-state index contributed by atoms with van der Waals surface area (Å²) < 4.78 is 30.7. The number of alkyl halides is 2. The van der Waals surface area contributed by atoms with E-state index in [1.54, 1.807) is 49.4 Å². The van der Waals surface area contributed by atoms with Gasteiger partial charge in [-0.2, -0.15) is 0 Å². The van der Waals surface area contributed by atoms with Gasteiger partial charge < -0.3 is 9.84 Å². The van der Waals surface area contributed by atoms with E-state index in [1.165, 1.54) is 12.0 Å². The van der Waals surface area contributed by atoms with Crippen LogP contribution >= 0.6 is 0 Å². The molecule has 3 rings (SSSR count). The number of ether oxygens (including phenoxy) is 1. The summed E-state index contributed by atoms with van der Waals surface area (Å²) in [6, 6.07) is 8.81. The van der Waals surface area contributed by atoms with Gasteiger partial charge in [0.2, 0.25) is 5.91 Å². The van der Waals surface area contributed by atoms with Crippen molar-refractivity contribution in [2.24, 2.45) is 11.3 Å². The molecular weight excluding hydrogens is 356 g/mol. The SMILES string of the molecule is COC(=O)C1=CCC2C(=C1)N(c1ccccc1)C(=O)C2(C)CC(O)C(F)F. The van der Waals surface area contributed by atoms with Gasteiger partial charge in [0.05, 0.1) is 18.1 Å². The van der Waals surface area contributed by atoms with Crippen molar-refractivity contribution in [2.75, 3.05) is 12.0 Å². The van der Waals surface area contributed by atoms with Crippen molar-refractivity contribution in [1.29, 1.82) is 0 Å². The van der Waals surface area contributed by atoms with Crippen LogP contribution in [0, 0.1) is 11.3 Å². The molecule has 1 amide bonds. The second-order valence-corrected chi connectivity index (χ2v) is 7.01. The maximum Gasteiger partial charge on any atom is 0.337 e. The number of para-hydroxylation sites is 1. The Morgan fingerprint density at radius 3 is 2.63 bits per heavy atom. The number of carbonyl (C=O) groups is 2. The van der Waals surface area contributed by atoms with E-state index in [4.69, 9.17) is 4.74 Å². The van der Waals surface area contributed by atoms with Crippen molar-refractivity contribution >= 4 is 17.6 Å². The Morgan fingerprint density at radius 2 is 2.04 bits per heavy atom. The maximum atomic E-state index is 13.3. The molecular formula is C20H21F2NO4. The van der Waals surface area contributed by atoms with Crippen LogP contribution in [0.1, 0.15) is 19.8 Å². The highest BCUT2D eigenvalue weighted by molar-refractivity contribution is 6.05. The second-order valence-electron chi connectivity index (χ2n) is 7.01. The van der Waals surface area contributed by atoms with Gasteiger partial charge in [-0.25, -0.2) is 13.6 Å². The fourth-order valence-corrected chi connectivity index (χ4v) is 3.87. The number of nitrogens with zero attached hydrogens (tertiary/aromatic N) is 1. The minimum absolute atomic E-state index is 0.316. The molecule has 1 saturated heterocycles. The number of aliphatic hydroxyl groups excluding tert-OH is 1. The Morgan fingerprint density at radius 1 is 1.37 bits per heavy atom. The summed E-state index contributed by atoms with van der Waals surface area (Å²) in [5.41, 5.74) is 0.240. The van der Waals surface area contributed by atoms with E-state index < -0.39 is 29.8 Å². The van der Waals surface area contributed by atoms with Gasteiger partial charge in [-0.15, -0.1) is 0 Å². The first-order chi connectivity index (χ1) is 12.8. The Balaban J connectivity index is 2.07. The Hall–Kier alpha value is -2.54. The largest absolute Gasteiger partial charge is 0.465 e. The number of anilines is 1. The summed E-state index contributed by atoms with van der Waals surface area (Å²) in [4.78, 5) is 26.7. The van der Waals surface area contributed by atoms with Gasteiger partial charge in [0.25, 0.3) is 6.43 Å². The van der Waals surface area contributed by atoms with Crippen molar-refractivity contribution in [2.45, 2.75) is 32.3 Å². The first kappa shape index (κ1) is 19.2. The van der Waals surface area contributed by atoms with E-state index in [9.17, 15) is 23.5 Å². The Bertz CT molecular complexity index is 805. The number of allylic oxidation sites excluding steroid dienone is 2. The average molecular weight is 377 g/mol. The molecule has 1 heterocycles. The third-order valence-electron chi connectivity index (χ3n) is 5.31. The number of hydrogen-bond acceptors (Lipinski definition) is 4. The van der Waals surface area contributed by atoms with Crippen LogP contribution in [0.15, 0.2) is 53.8 Å². The monoisotopic (exact) mass is 377 g/mol. The average Bonchev–Trinajstić information content (AvgIpc) is 2.88. The van der Waals surface area contributed by atoms with Gasteiger partial charge in [0.1, 0.15) is 6.10 Å². The maximum absolute atomic E-state index is 13.3. The standard InChI is InChI=1S/C20H21F2NO4/c1-20(11-16(24)17(21)22)14-9-8-12(18(25)27-2)10-15(14)23(19(20)26)13-6-4-3-5-7-13/h3-8,10,14,16-17,24H,9,11H2,1-2H3. The number of esters is 1. The van der Waals surface area contributed by atoms with Gasteiger partial charge in [0, 0.05) is 17.3 Å². The molecule has 3 unspecified atom stereocenters. The molecule has 1 fully saturated rings. The van der Waals surface area contributed by atoms with Gasteiger partial charge in [-0.1, -0.05) is 24.3 Å². The number of halogens is 2. The minimum Gasteiger partial charge on any atom is -0.465 e. The lowest BCUT2D eigenvalue weighted by Crippen LogP contribution is -2.39. The lowest BCUT2D eigenvalue weighted by atomic mass is 9.71. The van der Waals surface area contributed by atoms with E-state index in [2.05, 4.69) is 0 Å². The number of amides is 1. The van der Waals surface area contributed by atoms with Crippen molar-refractivity contribution in [3.8, 4) is 0 Å². The number of aliphatic hydroxyl groups is 1. The Kier molecular flexibility index (Phi) is 5.15. The molecule has 1 aromatic carbocycles. The molecule has 1 aliphatic heterocycles. The normalized spacial score (nSPS) is 25.8. The van der Waals surface area contributed by atoms with Gasteiger partial charge in [-0.05, 0) is 38.0 Å². The molecule has 1 aliphatic carbocycles. The van der Waals surface area contributed by atoms with E-state index in [0.29, 0.717) is 23.4 Å². The zero-order valence-corrected chi connectivity index (χ0v) is 15.1. The fraction of sp³-hybridized carbons (Fsp3) is 0.400. The topological polar surface area (TPSA) is 66.8 Å². The molecule has 0 spiro atoms. The van der Waals surface area contributed by atoms with Crippen LogP contribution in [0.3, 0.4) is 0 Å². The molecule has 1 N–H and O–H groups in total. The molecule has 0 bridgehead atoms. The first-order valence-electron chi connectivity index (χ1n) is 8.65. The minimum atomic E-state index is -2.93. The summed E-state index contributed by atoms with van der Waals surface area (Å²) >= 11 is 0. The van der Waals surface area contributed by atoms with Gasteiger partial charge in [-0.3, -0.25) is 9.69 Å². The van der Waals surface area contributed by atoms with Gasteiger partial charge >= 0.3 is 5.97 Å². The number of fused-ring (bicyclic) bond motifs is 1. The summed E-state index contributed by atoms with van der Waals surface area (Å²) in [5.74, 6) is -1.32. The number of benzene rings is 1. The van der Waals surface area contributed by atoms with Crippen LogP contribution in [0.2, 0.25) is 0 Å². The summed E-state index contributed by atoms with van der Waals surface area (Å²) in [5, 5.41) is 9.77.